The predicted octanol–water partition coefficient (Wildman–Crippen LogP) is 0.879. The molecule has 0 spiro atoms. The highest BCUT2D eigenvalue weighted by molar-refractivity contribution is 6.02. The van der Waals surface area contributed by atoms with Gasteiger partial charge in [-0.15, -0.1) is 0 Å². The van der Waals surface area contributed by atoms with Crippen molar-refractivity contribution in [3.63, 3.8) is 0 Å². The van der Waals surface area contributed by atoms with E-state index in [-0.39, 0.29) is 12.0 Å². The number of nitrogens with zero attached hydrogens (tertiary/aromatic N) is 1. The molecule has 0 radical (unpaired) electrons. The second-order valence-corrected chi connectivity index (χ2v) is 5.54. The molecule has 102 valence electrons. The number of benzene rings is 1. The first-order chi connectivity index (χ1) is 9.04. The monoisotopic (exact) mass is 262 g/mol. The summed E-state index contributed by atoms with van der Waals surface area (Å²) in [5.41, 5.74) is 2.34. The van der Waals surface area contributed by atoms with Crippen molar-refractivity contribution in [1.29, 1.82) is 0 Å². The van der Waals surface area contributed by atoms with Crippen molar-refractivity contribution in [3.8, 4) is 0 Å². The maximum atomic E-state index is 11.4. The van der Waals surface area contributed by atoms with Crippen molar-refractivity contribution in [1.82, 2.24) is 0 Å². The third-order valence-electron chi connectivity index (χ3n) is 4.02. The summed E-state index contributed by atoms with van der Waals surface area (Å²) < 4.78 is 0. The van der Waals surface area contributed by atoms with Gasteiger partial charge in [0.15, 0.2) is 6.10 Å². The Hall–Kier alpha value is -1.59. The number of nitrogens with one attached hydrogen (secondary N) is 1. The number of hydrogen-bond donors (Lipinski definition) is 3. The fourth-order valence-electron chi connectivity index (χ4n) is 2.81. The molecule has 2 aliphatic rings. The molecule has 3 rings (SSSR count). The molecule has 1 aromatic rings. The summed E-state index contributed by atoms with van der Waals surface area (Å²) in [6.07, 6.45) is 0.555. The first-order valence-corrected chi connectivity index (χ1v) is 6.56. The number of carbonyl (C=O) groups is 1. The molecule has 1 unspecified atom stereocenters. The van der Waals surface area contributed by atoms with E-state index in [0.29, 0.717) is 17.2 Å². The minimum absolute atomic E-state index is 0.132. The maximum absolute atomic E-state index is 11.4. The van der Waals surface area contributed by atoms with Gasteiger partial charge in [0.2, 0.25) is 0 Å². The topological polar surface area (TPSA) is 72.8 Å². The third-order valence-corrected chi connectivity index (χ3v) is 4.02. The van der Waals surface area contributed by atoms with Crippen molar-refractivity contribution in [2.75, 3.05) is 23.8 Å². The SMILES string of the molecule is CN(CC1CC(O)C1)c1ccc2c(c1)NC(=O)C2O. The summed E-state index contributed by atoms with van der Waals surface area (Å²) in [7, 11) is 2.00. The lowest BCUT2D eigenvalue weighted by Crippen LogP contribution is -2.37. The van der Waals surface area contributed by atoms with Crippen LogP contribution in [0.5, 0.6) is 0 Å². The minimum atomic E-state index is -1.05. The summed E-state index contributed by atoms with van der Waals surface area (Å²) in [5, 5.41) is 21.6. The van der Waals surface area contributed by atoms with Crippen LogP contribution in [0.2, 0.25) is 0 Å². The van der Waals surface area contributed by atoms with Gasteiger partial charge >= 0.3 is 0 Å². The molecule has 0 bridgehead atoms. The van der Waals surface area contributed by atoms with Gasteiger partial charge < -0.3 is 20.4 Å². The Balaban J connectivity index is 1.72. The lowest BCUT2D eigenvalue weighted by molar-refractivity contribution is -0.123. The number of carbonyl (C=O) groups excluding carboxylic acids is 1. The molecule has 1 fully saturated rings. The first kappa shape index (κ1) is 12.4. The molecule has 1 amide bonds. The summed E-state index contributed by atoms with van der Waals surface area (Å²) >= 11 is 0. The standard InChI is InChI=1S/C14H18N2O3/c1-16(7-8-4-10(17)5-8)9-2-3-11-12(6-9)15-14(19)13(11)18/h2-3,6,8,10,13,17-18H,4-5,7H2,1H3,(H,15,19). The molecular formula is C14H18N2O3. The maximum Gasteiger partial charge on any atom is 0.257 e. The summed E-state index contributed by atoms with van der Waals surface area (Å²) in [6, 6.07) is 5.59. The molecule has 0 saturated heterocycles. The fraction of sp³-hybridized carbons (Fsp3) is 0.500. The Morgan fingerprint density at radius 1 is 1.37 bits per heavy atom. The van der Waals surface area contributed by atoms with E-state index in [4.69, 9.17) is 0 Å². The number of amides is 1. The van der Waals surface area contributed by atoms with Crippen LogP contribution >= 0.6 is 0 Å². The zero-order chi connectivity index (χ0) is 13.6. The molecule has 1 aliphatic carbocycles. The van der Waals surface area contributed by atoms with Gasteiger partial charge in [0.1, 0.15) is 0 Å². The van der Waals surface area contributed by atoms with Crippen LogP contribution in [-0.4, -0.2) is 35.8 Å². The smallest absolute Gasteiger partial charge is 0.257 e. The van der Waals surface area contributed by atoms with Gasteiger partial charge in [-0.25, -0.2) is 0 Å². The molecule has 1 heterocycles. The largest absolute Gasteiger partial charge is 0.393 e. The lowest BCUT2D eigenvalue weighted by atomic mass is 9.82. The van der Waals surface area contributed by atoms with E-state index < -0.39 is 6.10 Å². The quantitative estimate of drug-likeness (QED) is 0.756. The van der Waals surface area contributed by atoms with E-state index in [1.807, 2.05) is 19.2 Å². The van der Waals surface area contributed by atoms with Gasteiger partial charge in [0.25, 0.3) is 5.91 Å². The van der Waals surface area contributed by atoms with Gasteiger partial charge in [-0.3, -0.25) is 4.79 Å². The van der Waals surface area contributed by atoms with E-state index in [0.717, 1.165) is 25.1 Å². The van der Waals surface area contributed by atoms with E-state index in [2.05, 4.69) is 10.2 Å². The highest BCUT2D eigenvalue weighted by atomic mass is 16.3. The van der Waals surface area contributed by atoms with Gasteiger partial charge in [0.05, 0.1) is 6.10 Å². The third kappa shape index (κ3) is 2.19. The van der Waals surface area contributed by atoms with Gasteiger partial charge in [-0.1, -0.05) is 6.07 Å². The minimum Gasteiger partial charge on any atom is -0.393 e. The first-order valence-electron chi connectivity index (χ1n) is 6.56. The average Bonchev–Trinajstić information content (AvgIpc) is 2.62. The van der Waals surface area contributed by atoms with Crippen LogP contribution in [0, 0.1) is 5.92 Å². The molecule has 1 saturated carbocycles. The van der Waals surface area contributed by atoms with Gasteiger partial charge in [0, 0.05) is 30.5 Å². The Labute approximate surface area is 111 Å². The molecule has 1 aromatic carbocycles. The second kappa shape index (κ2) is 4.51. The van der Waals surface area contributed by atoms with Crippen molar-refractivity contribution in [2.45, 2.75) is 25.0 Å². The van der Waals surface area contributed by atoms with Crippen LogP contribution in [-0.2, 0) is 4.79 Å². The summed E-state index contributed by atoms with van der Waals surface area (Å²) in [6.45, 7) is 0.895. The predicted molar refractivity (Wildman–Crippen MR) is 72.0 cm³/mol. The molecular weight excluding hydrogens is 244 g/mol. The number of hydrogen-bond acceptors (Lipinski definition) is 4. The van der Waals surface area contributed by atoms with Crippen LogP contribution in [0.15, 0.2) is 18.2 Å². The Morgan fingerprint density at radius 2 is 2.11 bits per heavy atom. The zero-order valence-electron chi connectivity index (χ0n) is 10.8. The molecule has 19 heavy (non-hydrogen) atoms. The van der Waals surface area contributed by atoms with Crippen molar-refractivity contribution < 1.29 is 15.0 Å². The number of rotatable bonds is 3. The highest BCUT2D eigenvalue weighted by Gasteiger charge is 2.30. The molecule has 0 aromatic heterocycles. The van der Waals surface area contributed by atoms with Crippen LogP contribution in [0.25, 0.3) is 0 Å². The van der Waals surface area contributed by atoms with Crippen molar-refractivity contribution in [3.05, 3.63) is 23.8 Å². The van der Waals surface area contributed by atoms with E-state index in [9.17, 15) is 15.0 Å². The van der Waals surface area contributed by atoms with Gasteiger partial charge in [-0.2, -0.15) is 0 Å². The Kier molecular flexibility index (Phi) is 2.95. The lowest BCUT2D eigenvalue weighted by Gasteiger charge is -2.35. The number of anilines is 2. The van der Waals surface area contributed by atoms with Crippen LogP contribution in [0.1, 0.15) is 24.5 Å². The van der Waals surface area contributed by atoms with Crippen LogP contribution < -0.4 is 10.2 Å². The molecule has 5 heteroatoms. The molecule has 5 nitrogen and oxygen atoms in total. The molecule has 1 atom stereocenters. The molecule has 1 aliphatic heterocycles. The fourth-order valence-corrected chi connectivity index (χ4v) is 2.81. The second-order valence-electron chi connectivity index (χ2n) is 5.54. The number of aliphatic hydroxyl groups excluding tert-OH is 2. The summed E-state index contributed by atoms with van der Waals surface area (Å²) in [5.74, 6) is 0.172. The van der Waals surface area contributed by atoms with Crippen molar-refractivity contribution in [2.24, 2.45) is 5.92 Å². The average molecular weight is 262 g/mol. The van der Waals surface area contributed by atoms with E-state index in [1.165, 1.54) is 0 Å². The zero-order valence-corrected chi connectivity index (χ0v) is 10.8. The summed E-state index contributed by atoms with van der Waals surface area (Å²) in [4.78, 5) is 13.5. The highest BCUT2D eigenvalue weighted by Crippen LogP contribution is 2.35. The molecule has 3 N–H and O–H groups in total. The number of aliphatic hydroxyl groups is 2. The van der Waals surface area contributed by atoms with Crippen LogP contribution in [0.4, 0.5) is 11.4 Å². The van der Waals surface area contributed by atoms with E-state index >= 15 is 0 Å². The van der Waals surface area contributed by atoms with E-state index in [1.54, 1.807) is 6.07 Å². The Morgan fingerprint density at radius 3 is 2.79 bits per heavy atom. The normalized spacial score (nSPS) is 28.6. The van der Waals surface area contributed by atoms with Crippen molar-refractivity contribution >= 4 is 17.3 Å². The van der Waals surface area contributed by atoms with Gasteiger partial charge in [-0.05, 0) is 30.9 Å². The Bertz CT molecular complexity index is 511. The number of fused-ring (bicyclic) bond motifs is 1. The van der Waals surface area contributed by atoms with Crippen LogP contribution in [0.3, 0.4) is 0 Å².